The summed E-state index contributed by atoms with van der Waals surface area (Å²) in [4.78, 5) is 23.5. The number of ether oxygens (including phenoxy) is 15. The number of hydrogen-bond donors (Lipinski definition) is 0. The fourth-order valence-corrected chi connectivity index (χ4v) is 14.0. The Morgan fingerprint density at radius 2 is 0.374 bits per heavy atom. The summed E-state index contributed by atoms with van der Waals surface area (Å²) >= 11 is 0. The fourth-order valence-electron chi connectivity index (χ4n) is 14.0. The van der Waals surface area contributed by atoms with Gasteiger partial charge in [-0.15, -0.1) is 0 Å². The number of rotatable bonds is 71. The Morgan fingerprint density at radius 1 is 0.211 bits per heavy atom. The van der Waals surface area contributed by atoms with Gasteiger partial charge in [-0.05, 0) is 187 Å². The third-order valence-electron chi connectivity index (χ3n) is 20.9. The summed E-state index contributed by atoms with van der Waals surface area (Å²) in [6, 6.07) is 45.3. The van der Waals surface area contributed by atoms with Crippen LogP contribution in [0.5, 0.6) is 86.2 Å². The summed E-state index contributed by atoms with van der Waals surface area (Å²) in [6.45, 7) is 23.3. The molecule has 0 aromatic heterocycles. The molecule has 0 amide bonds. The fraction of sp³-hybridized carbons (Fsp3) is 0.529. The number of aldehydes is 1. The van der Waals surface area contributed by atoms with Gasteiger partial charge in [-0.3, -0.25) is 14.9 Å². The topological polar surface area (TPSA) is 199 Å². The SMILES string of the molecule is CCCCCCOc1cc(COc2cc(COc3cc(COc4ccc([N+](=O)[O-])c(C=O)c4)cc(OCc4cc(OCc5cc(OCCCCCC)cc(OCCCCCC)c5)cc(OCc5cc(OCCCCCC)cc(OCCCCCC)c5)c4)c3)cc(OCc3cc(OCCCCCC)cc(OCCCCCC)c3)c2)cc(OCCCCCC)c1. The van der Waals surface area contributed by atoms with Crippen LogP contribution in [0.25, 0.3) is 0 Å². The van der Waals surface area contributed by atoms with E-state index < -0.39 is 4.92 Å². The van der Waals surface area contributed by atoms with E-state index in [4.69, 9.17) is 71.1 Å². The van der Waals surface area contributed by atoms with E-state index in [0.29, 0.717) is 99.2 Å². The summed E-state index contributed by atoms with van der Waals surface area (Å²) in [5.74, 6) is 9.16. The van der Waals surface area contributed by atoms with Crippen molar-refractivity contribution in [2.45, 2.75) is 307 Å². The number of nitrogens with zero attached hydrogens (tertiary/aromatic N) is 1. The Labute approximate surface area is 735 Å². The van der Waals surface area contributed by atoms with Crippen molar-refractivity contribution >= 4 is 12.0 Å². The summed E-state index contributed by atoms with van der Waals surface area (Å²) in [7, 11) is 0. The highest BCUT2D eigenvalue weighted by Gasteiger charge is 2.19. The summed E-state index contributed by atoms with van der Waals surface area (Å²) in [5.41, 5.74) is 5.21. The van der Waals surface area contributed by atoms with Crippen molar-refractivity contribution in [2.24, 2.45) is 0 Å². The van der Waals surface area contributed by atoms with Gasteiger partial charge in [-0.2, -0.15) is 0 Å². The van der Waals surface area contributed by atoms with Crippen LogP contribution in [0, 0.1) is 10.1 Å². The number of nitro benzene ring substituents is 1. The standard InChI is InChI=1S/C104H143NO18/c1-9-17-25-33-43-109-90-51-81(52-91(66-90)110-44-34-26-18-10-2)75-118-100-61-86(62-101(71-100)119-76-82-53-92(111-45-35-27-19-11-3)67-93(54-82)112-46-36-28-20-12-4)79-122-98-59-85(74-117-89-41-42-104(105(107)108)88(65-89)73-106)60-99(70-98)123-80-87-63-102(120-77-83-55-94(113-47-37-29-21-13-5)68-95(56-83)114-48-38-30-22-14-6)72-103(64-87)121-78-84-57-96(115-49-39-31-23-15-7)69-97(58-84)116-50-40-32-24-16-8/h41-42,51-73H,9-40,43-50,74-80H2,1-8H3. The highest BCUT2D eigenvalue weighted by molar-refractivity contribution is 5.82. The van der Waals surface area contributed by atoms with Gasteiger partial charge in [0, 0.05) is 48.5 Å². The third kappa shape index (κ3) is 39.9. The van der Waals surface area contributed by atoms with E-state index in [1.54, 1.807) is 0 Å². The van der Waals surface area contributed by atoms with E-state index in [9.17, 15) is 14.9 Å². The number of carbonyl (C=O) groups is 1. The molecule has 19 nitrogen and oxygen atoms in total. The van der Waals surface area contributed by atoms with E-state index in [1.807, 2.05) is 127 Å². The molecular weight excluding hydrogens is 1550 g/mol. The second kappa shape index (κ2) is 59.6. The first kappa shape index (κ1) is 98.3. The Hall–Kier alpha value is -10.2. The molecule has 0 heterocycles. The normalized spacial score (nSPS) is 11.1. The largest absolute Gasteiger partial charge is 0.493 e. The van der Waals surface area contributed by atoms with Crippen LogP contribution in [0.3, 0.4) is 0 Å². The molecule has 672 valence electrons. The second-order valence-corrected chi connectivity index (χ2v) is 32.1. The zero-order valence-electron chi connectivity index (χ0n) is 75.5. The molecule has 0 saturated carbocycles. The van der Waals surface area contributed by atoms with E-state index in [1.165, 1.54) is 18.2 Å². The lowest BCUT2D eigenvalue weighted by Gasteiger charge is -2.17. The van der Waals surface area contributed by atoms with Crippen molar-refractivity contribution < 1.29 is 80.8 Å². The summed E-state index contributed by atoms with van der Waals surface area (Å²) in [6.07, 6.45) is 35.2. The predicted molar refractivity (Wildman–Crippen MR) is 491 cm³/mol. The van der Waals surface area contributed by atoms with Gasteiger partial charge in [-0.25, -0.2) is 0 Å². The molecule has 0 bridgehead atoms. The molecule has 0 fully saturated rings. The first-order chi connectivity index (χ1) is 60.4. The first-order valence-electron chi connectivity index (χ1n) is 46.5. The lowest BCUT2D eigenvalue weighted by molar-refractivity contribution is -0.385. The monoisotopic (exact) mass is 1690 g/mol. The number of hydrogen-bond acceptors (Lipinski definition) is 18. The minimum Gasteiger partial charge on any atom is -0.493 e. The number of carbonyl (C=O) groups excluding carboxylic acids is 1. The first-order valence-corrected chi connectivity index (χ1v) is 46.5. The van der Waals surface area contributed by atoms with Gasteiger partial charge in [-0.1, -0.05) is 209 Å². The van der Waals surface area contributed by atoms with Crippen LogP contribution >= 0.6 is 0 Å². The van der Waals surface area contributed by atoms with Crippen LogP contribution in [-0.4, -0.2) is 64.1 Å². The molecule has 0 unspecified atom stereocenters. The lowest BCUT2D eigenvalue weighted by atomic mass is 10.1. The van der Waals surface area contributed by atoms with Gasteiger partial charge < -0.3 is 71.1 Å². The third-order valence-corrected chi connectivity index (χ3v) is 20.9. The maximum absolute atomic E-state index is 12.2. The van der Waals surface area contributed by atoms with Crippen LogP contribution in [-0.2, 0) is 46.2 Å². The van der Waals surface area contributed by atoms with Gasteiger partial charge in [0.15, 0.2) is 6.29 Å². The molecule has 0 saturated heterocycles. The van der Waals surface area contributed by atoms with E-state index >= 15 is 0 Å². The lowest BCUT2D eigenvalue weighted by Crippen LogP contribution is -2.05. The predicted octanol–water partition coefficient (Wildman–Crippen LogP) is 28.1. The highest BCUT2D eigenvalue weighted by Crippen LogP contribution is 2.36. The molecule has 0 atom stereocenters. The van der Waals surface area contributed by atoms with Gasteiger partial charge in [0.2, 0.25) is 0 Å². The van der Waals surface area contributed by atoms with Crippen LogP contribution in [0.1, 0.15) is 310 Å². The minimum atomic E-state index is -0.592. The van der Waals surface area contributed by atoms with Crippen LogP contribution in [0.2, 0.25) is 0 Å². The summed E-state index contributed by atoms with van der Waals surface area (Å²) in [5, 5.41) is 11.9. The molecule has 19 heteroatoms. The zero-order valence-corrected chi connectivity index (χ0v) is 75.5. The van der Waals surface area contributed by atoms with Crippen molar-refractivity contribution in [3.63, 3.8) is 0 Å². The Morgan fingerprint density at radius 3 is 0.528 bits per heavy atom. The Kier molecular flexibility index (Phi) is 47.6. The van der Waals surface area contributed by atoms with Crippen LogP contribution < -0.4 is 71.1 Å². The van der Waals surface area contributed by atoms with E-state index in [0.717, 1.165) is 285 Å². The van der Waals surface area contributed by atoms with Crippen molar-refractivity contribution in [3.05, 3.63) is 200 Å². The average molecular weight is 1700 g/mol. The van der Waals surface area contributed by atoms with Gasteiger partial charge >= 0.3 is 0 Å². The summed E-state index contributed by atoms with van der Waals surface area (Å²) < 4.78 is 98.3. The van der Waals surface area contributed by atoms with Crippen molar-refractivity contribution in [2.75, 3.05) is 52.9 Å². The van der Waals surface area contributed by atoms with Crippen molar-refractivity contribution in [1.29, 1.82) is 0 Å². The minimum absolute atomic E-state index is 0.0346. The average Bonchev–Trinajstić information content (AvgIpc) is 0.835. The van der Waals surface area contributed by atoms with Gasteiger partial charge in [0.25, 0.3) is 5.69 Å². The Bertz CT molecular complexity index is 3720. The molecule has 8 rings (SSSR count). The molecule has 0 aliphatic rings. The second-order valence-electron chi connectivity index (χ2n) is 32.1. The smallest absolute Gasteiger partial charge is 0.280 e. The van der Waals surface area contributed by atoms with Crippen LogP contribution in [0.4, 0.5) is 5.69 Å². The van der Waals surface area contributed by atoms with Crippen molar-refractivity contribution in [1.82, 2.24) is 0 Å². The van der Waals surface area contributed by atoms with Crippen molar-refractivity contribution in [3.8, 4) is 86.2 Å². The van der Waals surface area contributed by atoms with Gasteiger partial charge in [0.05, 0.1) is 63.3 Å². The molecule has 8 aromatic rings. The molecule has 0 spiro atoms. The van der Waals surface area contributed by atoms with E-state index in [-0.39, 0.29) is 63.2 Å². The van der Waals surface area contributed by atoms with Crippen LogP contribution in [0.15, 0.2) is 146 Å². The Balaban J connectivity index is 1.14. The molecule has 0 aliphatic heterocycles. The molecule has 123 heavy (non-hydrogen) atoms. The highest BCUT2D eigenvalue weighted by atomic mass is 16.6. The molecule has 0 aliphatic carbocycles. The molecule has 0 radical (unpaired) electrons. The molecular formula is C104H143NO18. The molecule has 0 N–H and O–H groups in total. The number of nitro groups is 1. The number of unbranched alkanes of at least 4 members (excludes halogenated alkanes) is 24. The maximum atomic E-state index is 12.2. The van der Waals surface area contributed by atoms with E-state index in [2.05, 4.69) is 55.4 Å². The number of benzene rings is 8. The van der Waals surface area contributed by atoms with Gasteiger partial charge in [0.1, 0.15) is 132 Å². The molecule has 8 aromatic carbocycles. The zero-order chi connectivity index (χ0) is 87.0. The quantitative estimate of drug-likeness (QED) is 0.0151. The maximum Gasteiger partial charge on any atom is 0.280 e.